The molecular weight excluding hydrogens is 312 g/mol. The zero-order valence-corrected chi connectivity index (χ0v) is 13.3. The number of anilines is 1. The highest BCUT2D eigenvalue weighted by Crippen LogP contribution is 2.36. The highest BCUT2D eigenvalue weighted by molar-refractivity contribution is 6.08. The second-order valence-corrected chi connectivity index (χ2v) is 5.34. The van der Waals surface area contributed by atoms with E-state index in [1.165, 1.54) is 20.3 Å². The molecular formula is C17H16N2O5. The number of fused-ring (bicyclic) bond motifs is 1. The lowest BCUT2D eigenvalue weighted by Gasteiger charge is -2.18. The monoisotopic (exact) mass is 328 g/mol. The van der Waals surface area contributed by atoms with Crippen molar-refractivity contribution in [1.29, 1.82) is 0 Å². The van der Waals surface area contributed by atoms with Gasteiger partial charge in [0.05, 0.1) is 30.4 Å². The molecule has 0 unspecified atom stereocenters. The molecule has 1 aliphatic heterocycles. The van der Waals surface area contributed by atoms with Crippen LogP contribution in [0, 0.1) is 10.1 Å². The number of nitro benzene ring substituents is 1. The van der Waals surface area contributed by atoms with Crippen molar-refractivity contribution in [3.05, 3.63) is 57.6 Å². The molecule has 0 fully saturated rings. The maximum atomic E-state index is 12.9. The van der Waals surface area contributed by atoms with E-state index in [9.17, 15) is 14.9 Å². The normalized spacial score (nSPS) is 12.7. The number of nitro groups is 1. The summed E-state index contributed by atoms with van der Waals surface area (Å²) in [7, 11) is 3.02. The minimum atomic E-state index is -0.415. The fourth-order valence-corrected chi connectivity index (χ4v) is 2.88. The largest absolute Gasteiger partial charge is 0.497 e. The minimum absolute atomic E-state index is 0.0472. The molecule has 0 bridgehead atoms. The molecule has 0 saturated carbocycles. The average molecular weight is 328 g/mol. The molecule has 0 aromatic heterocycles. The predicted molar refractivity (Wildman–Crippen MR) is 88.0 cm³/mol. The summed E-state index contributed by atoms with van der Waals surface area (Å²) in [6.07, 6.45) is 0.458. The SMILES string of the molecule is COc1cc(OC)cc(C(=O)N2CCc3c2cccc3[N+](=O)[O-])c1. The Bertz CT molecular complexity index is 796. The van der Waals surface area contributed by atoms with Crippen LogP contribution in [0.4, 0.5) is 11.4 Å². The molecule has 1 aliphatic rings. The molecule has 124 valence electrons. The van der Waals surface area contributed by atoms with Crippen LogP contribution in [0.5, 0.6) is 11.5 Å². The van der Waals surface area contributed by atoms with E-state index in [0.29, 0.717) is 41.3 Å². The molecule has 7 heteroatoms. The summed E-state index contributed by atoms with van der Waals surface area (Å²) in [5.41, 5.74) is 1.62. The van der Waals surface area contributed by atoms with Gasteiger partial charge in [-0.15, -0.1) is 0 Å². The fraction of sp³-hybridized carbons (Fsp3) is 0.235. The first-order valence-corrected chi connectivity index (χ1v) is 7.36. The van der Waals surface area contributed by atoms with E-state index in [-0.39, 0.29) is 11.6 Å². The van der Waals surface area contributed by atoms with E-state index in [4.69, 9.17) is 9.47 Å². The summed E-state index contributed by atoms with van der Waals surface area (Å²) in [5, 5.41) is 11.1. The number of amides is 1. The second kappa shape index (κ2) is 6.19. The van der Waals surface area contributed by atoms with Crippen LogP contribution in [-0.4, -0.2) is 31.6 Å². The van der Waals surface area contributed by atoms with Gasteiger partial charge < -0.3 is 14.4 Å². The third-order valence-electron chi connectivity index (χ3n) is 4.04. The van der Waals surface area contributed by atoms with Crippen molar-refractivity contribution in [1.82, 2.24) is 0 Å². The summed E-state index contributed by atoms with van der Waals surface area (Å²) < 4.78 is 10.4. The molecule has 0 N–H and O–H groups in total. The molecule has 0 radical (unpaired) electrons. The lowest BCUT2D eigenvalue weighted by atomic mass is 10.1. The molecule has 1 amide bonds. The molecule has 0 aliphatic carbocycles. The van der Waals surface area contributed by atoms with Gasteiger partial charge in [-0.05, 0) is 24.6 Å². The van der Waals surface area contributed by atoms with Crippen LogP contribution in [0.2, 0.25) is 0 Å². The Morgan fingerprint density at radius 2 is 1.83 bits per heavy atom. The van der Waals surface area contributed by atoms with Gasteiger partial charge in [0.1, 0.15) is 11.5 Å². The summed E-state index contributed by atoms with van der Waals surface area (Å²) in [6.45, 7) is 0.401. The molecule has 2 aromatic carbocycles. The highest BCUT2D eigenvalue weighted by atomic mass is 16.6. The van der Waals surface area contributed by atoms with Crippen molar-refractivity contribution >= 4 is 17.3 Å². The maximum Gasteiger partial charge on any atom is 0.274 e. The maximum absolute atomic E-state index is 12.9. The number of ether oxygens (including phenoxy) is 2. The summed E-state index contributed by atoms with van der Waals surface area (Å²) in [4.78, 5) is 25.2. The topological polar surface area (TPSA) is 81.9 Å². The molecule has 1 heterocycles. The van der Waals surface area contributed by atoms with Crippen molar-refractivity contribution in [2.45, 2.75) is 6.42 Å². The van der Waals surface area contributed by atoms with Crippen LogP contribution in [0.3, 0.4) is 0 Å². The van der Waals surface area contributed by atoms with E-state index in [1.807, 2.05) is 0 Å². The molecule has 24 heavy (non-hydrogen) atoms. The van der Waals surface area contributed by atoms with Gasteiger partial charge in [0.15, 0.2) is 0 Å². The van der Waals surface area contributed by atoms with E-state index in [2.05, 4.69) is 0 Å². The molecule has 0 spiro atoms. The van der Waals surface area contributed by atoms with Crippen LogP contribution in [0.15, 0.2) is 36.4 Å². The third-order valence-corrected chi connectivity index (χ3v) is 4.04. The molecule has 2 aromatic rings. The van der Waals surface area contributed by atoms with Gasteiger partial charge >= 0.3 is 0 Å². The van der Waals surface area contributed by atoms with Gasteiger partial charge in [0.2, 0.25) is 0 Å². The number of carbonyl (C=O) groups excluding carboxylic acids is 1. The Kier molecular flexibility index (Phi) is 4.07. The van der Waals surface area contributed by atoms with Crippen LogP contribution in [-0.2, 0) is 6.42 Å². The third kappa shape index (κ3) is 2.64. The number of rotatable bonds is 4. The van der Waals surface area contributed by atoms with Crippen molar-refractivity contribution in [3.8, 4) is 11.5 Å². The number of methoxy groups -OCH3 is 2. The quantitative estimate of drug-likeness (QED) is 0.637. The Morgan fingerprint density at radius 3 is 2.42 bits per heavy atom. The van der Waals surface area contributed by atoms with Gasteiger partial charge in [-0.1, -0.05) is 6.07 Å². The van der Waals surface area contributed by atoms with Gasteiger partial charge in [0.25, 0.3) is 11.6 Å². The standard InChI is InChI=1S/C17H16N2O5/c1-23-12-8-11(9-13(10-12)24-2)17(20)18-7-6-14-15(18)4-3-5-16(14)19(21)22/h3-5,8-10H,6-7H2,1-2H3. The Labute approximate surface area is 138 Å². The van der Waals surface area contributed by atoms with Crippen molar-refractivity contribution in [3.63, 3.8) is 0 Å². The van der Waals surface area contributed by atoms with Gasteiger partial charge in [0, 0.05) is 24.2 Å². The van der Waals surface area contributed by atoms with Gasteiger partial charge in [-0.2, -0.15) is 0 Å². The van der Waals surface area contributed by atoms with Crippen molar-refractivity contribution in [2.75, 3.05) is 25.7 Å². The lowest BCUT2D eigenvalue weighted by Crippen LogP contribution is -2.28. The number of hydrogen-bond donors (Lipinski definition) is 0. The zero-order chi connectivity index (χ0) is 17.3. The molecule has 0 saturated heterocycles. The number of carbonyl (C=O) groups is 1. The second-order valence-electron chi connectivity index (χ2n) is 5.34. The average Bonchev–Trinajstić information content (AvgIpc) is 3.04. The predicted octanol–water partition coefficient (Wildman–Crippen LogP) is 2.81. The van der Waals surface area contributed by atoms with E-state index in [1.54, 1.807) is 35.2 Å². The first-order chi connectivity index (χ1) is 11.5. The first kappa shape index (κ1) is 15.8. The van der Waals surface area contributed by atoms with E-state index in [0.717, 1.165) is 0 Å². The number of benzene rings is 2. The van der Waals surface area contributed by atoms with E-state index < -0.39 is 4.92 Å². The highest BCUT2D eigenvalue weighted by Gasteiger charge is 2.31. The number of hydrogen-bond acceptors (Lipinski definition) is 5. The Morgan fingerprint density at radius 1 is 1.17 bits per heavy atom. The minimum Gasteiger partial charge on any atom is -0.497 e. The first-order valence-electron chi connectivity index (χ1n) is 7.36. The Hall–Kier alpha value is -3.09. The smallest absolute Gasteiger partial charge is 0.274 e. The van der Waals surface area contributed by atoms with Crippen LogP contribution < -0.4 is 14.4 Å². The summed E-state index contributed by atoms with van der Waals surface area (Å²) >= 11 is 0. The lowest BCUT2D eigenvalue weighted by molar-refractivity contribution is -0.385. The summed E-state index contributed by atoms with van der Waals surface area (Å²) in [6, 6.07) is 9.71. The van der Waals surface area contributed by atoms with Crippen LogP contribution >= 0.6 is 0 Å². The summed E-state index contributed by atoms with van der Waals surface area (Å²) in [5.74, 6) is 0.777. The van der Waals surface area contributed by atoms with Gasteiger partial charge in [-0.3, -0.25) is 14.9 Å². The number of nitrogens with zero attached hydrogens (tertiary/aromatic N) is 2. The molecule has 7 nitrogen and oxygen atoms in total. The molecule has 3 rings (SSSR count). The van der Waals surface area contributed by atoms with Gasteiger partial charge in [-0.25, -0.2) is 0 Å². The Balaban J connectivity index is 2.00. The van der Waals surface area contributed by atoms with E-state index >= 15 is 0 Å². The van der Waals surface area contributed by atoms with Crippen molar-refractivity contribution in [2.24, 2.45) is 0 Å². The van der Waals surface area contributed by atoms with Crippen LogP contribution in [0.25, 0.3) is 0 Å². The molecule has 0 atom stereocenters. The van der Waals surface area contributed by atoms with Crippen LogP contribution in [0.1, 0.15) is 15.9 Å². The van der Waals surface area contributed by atoms with Crippen molar-refractivity contribution < 1.29 is 19.2 Å². The fourth-order valence-electron chi connectivity index (χ4n) is 2.88. The zero-order valence-electron chi connectivity index (χ0n) is 13.3.